The van der Waals surface area contributed by atoms with Crippen molar-refractivity contribution in [1.29, 1.82) is 0 Å². The molecule has 0 atom stereocenters. The number of hydrogen-bond donors (Lipinski definition) is 0. The molecule has 2 aromatic rings. The Bertz CT molecular complexity index is 752. The predicted octanol–water partition coefficient (Wildman–Crippen LogP) is 1.86. The van der Waals surface area contributed by atoms with E-state index in [1.165, 1.54) is 7.11 Å². The Kier molecular flexibility index (Phi) is 4.96. The van der Waals surface area contributed by atoms with Crippen LogP contribution in [-0.2, 0) is 14.3 Å². The van der Waals surface area contributed by atoms with Gasteiger partial charge in [-0.15, -0.1) is 0 Å². The van der Waals surface area contributed by atoms with Crippen LogP contribution in [0.1, 0.15) is 10.4 Å². The summed E-state index contributed by atoms with van der Waals surface area (Å²) in [6, 6.07) is 11.1. The van der Waals surface area contributed by atoms with Crippen LogP contribution in [0.15, 0.2) is 36.4 Å². The number of rotatable bonds is 4. The Morgan fingerprint density at radius 1 is 1.12 bits per heavy atom. The molecule has 0 bridgehead atoms. The van der Waals surface area contributed by atoms with Crippen molar-refractivity contribution in [2.45, 2.75) is 0 Å². The third-order valence-corrected chi connectivity index (χ3v) is 3.97. The lowest BCUT2D eigenvalue weighted by Gasteiger charge is -2.26. The van der Waals surface area contributed by atoms with Crippen molar-refractivity contribution in [3.05, 3.63) is 42.0 Å². The number of benzene rings is 2. The second kappa shape index (κ2) is 7.31. The largest absolute Gasteiger partial charge is 0.483 e. The molecule has 0 spiro atoms. The fraction of sp³-hybridized carbons (Fsp3) is 0.333. The van der Waals surface area contributed by atoms with Crippen LogP contribution < -0.4 is 4.74 Å². The van der Waals surface area contributed by atoms with Crippen LogP contribution >= 0.6 is 0 Å². The van der Waals surface area contributed by atoms with E-state index < -0.39 is 5.97 Å². The van der Waals surface area contributed by atoms with Crippen molar-refractivity contribution in [2.24, 2.45) is 0 Å². The number of hydrogen-bond acceptors (Lipinski definition) is 5. The maximum absolute atomic E-state index is 12.2. The number of carbonyl (C=O) groups excluding carboxylic acids is 2. The van der Waals surface area contributed by atoms with E-state index in [0.717, 1.165) is 10.8 Å². The van der Waals surface area contributed by atoms with E-state index in [0.29, 0.717) is 37.6 Å². The molecule has 0 saturated carbocycles. The first-order valence-corrected chi connectivity index (χ1v) is 7.78. The Balaban J connectivity index is 1.81. The van der Waals surface area contributed by atoms with Gasteiger partial charge in [0.25, 0.3) is 5.91 Å². The normalized spacial score (nSPS) is 14.5. The maximum atomic E-state index is 12.2. The van der Waals surface area contributed by atoms with Crippen LogP contribution in [0.3, 0.4) is 0 Å². The summed E-state index contributed by atoms with van der Waals surface area (Å²) in [5.74, 6) is -0.265. The van der Waals surface area contributed by atoms with Gasteiger partial charge < -0.3 is 19.1 Å². The minimum absolute atomic E-state index is 0.123. The molecule has 1 amide bonds. The van der Waals surface area contributed by atoms with E-state index in [1.54, 1.807) is 17.0 Å². The molecule has 0 N–H and O–H groups in total. The average molecular weight is 329 g/mol. The molecule has 1 fully saturated rings. The highest BCUT2D eigenvalue weighted by atomic mass is 16.5. The number of carbonyl (C=O) groups is 2. The van der Waals surface area contributed by atoms with Crippen LogP contribution in [0, 0.1) is 0 Å². The molecule has 1 aliphatic heterocycles. The number of fused-ring (bicyclic) bond motifs is 1. The van der Waals surface area contributed by atoms with Gasteiger partial charge in [-0.2, -0.15) is 0 Å². The number of nitrogens with zero attached hydrogens (tertiary/aromatic N) is 1. The summed E-state index contributed by atoms with van der Waals surface area (Å²) in [6.07, 6.45) is 0. The third-order valence-electron chi connectivity index (χ3n) is 3.97. The van der Waals surface area contributed by atoms with Crippen LogP contribution in [0.25, 0.3) is 10.8 Å². The lowest BCUT2D eigenvalue weighted by molar-refractivity contribution is -0.137. The molecule has 6 heteroatoms. The van der Waals surface area contributed by atoms with Crippen molar-refractivity contribution < 1.29 is 23.8 Å². The molecular weight excluding hydrogens is 310 g/mol. The van der Waals surface area contributed by atoms with Gasteiger partial charge in [-0.1, -0.05) is 24.3 Å². The minimum atomic E-state index is -0.491. The van der Waals surface area contributed by atoms with Crippen LogP contribution in [0.2, 0.25) is 0 Å². The second-order valence-electron chi connectivity index (χ2n) is 5.47. The molecule has 126 valence electrons. The first-order chi connectivity index (χ1) is 11.7. The number of amides is 1. The smallest absolute Gasteiger partial charge is 0.341 e. The lowest BCUT2D eigenvalue weighted by Crippen LogP contribution is -2.43. The van der Waals surface area contributed by atoms with Crippen molar-refractivity contribution in [3.63, 3.8) is 0 Å². The number of esters is 1. The van der Waals surface area contributed by atoms with E-state index in [9.17, 15) is 9.59 Å². The Labute approximate surface area is 139 Å². The first kappa shape index (κ1) is 16.3. The van der Waals surface area contributed by atoms with Crippen molar-refractivity contribution in [2.75, 3.05) is 40.0 Å². The first-order valence-electron chi connectivity index (χ1n) is 7.78. The third kappa shape index (κ3) is 3.49. The summed E-state index contributed by atoms with van der Waals surface area (Å²) in [5.41, 5.74) is 0.311. The van der Waals surface area contributed by atoms with Gasteiger partial charge in [-0.3, -0.25) is 4.79 Å². The molecule has 0 aromatic heterocycles. The van der Waals surface area contributed by atoms with E-state index in [-0.39, 0.29) is 12.5 Å². The highest BCUT2D eigenvalue weighted by Gasteiger charge is 2.19. The second-order valence-corrected chi connectivity index (χ2v) is 5.47. The van der Waals surface area contributed by atoms with Gasteiger partial charge in [-0.25, -0.2) is 4.79 Å². The molecule has 3 rings (SSSR count). The zero-order chi connectivity index (χ0) is 16.9. The van der Waals surface area contributed by atoms with E-state index >= 15 is 0 Å². The Hall–Kier alpha value is -2.60. The molecule has 1 saturated heterocycles. The average Bonchev–Trinajstić information content (AvgIpc) is 2.65. The van der Waals surface area contributed by atoms with Crippen molar-refractivity contribution in [1.82, 2.24) is 4.90 Å². The van der Waals surface area contributed by atoms with Gasteiger partial charge in [-0.05, 0) is 22.9 Å². The van der Waals surface area contributed by atoms with Gasteiger partial charge in [0.1, 0.15) is 11.3 Å². The van der Waals surface area contributed by atoms with Gasteiger partial charge in [0.15, 0.2) is 6.61 Å². The molecule has 0 radical (unpaired) electrons. The Morgan fingerprint density at radius 2 is 1.79 bits per heavy atom. The quantitative estimate of drug-likeness (QED) is 0.801. The van der Waals surface area contributed by atoms with E-state index in [2.05, 4.69) is 0 Å². The molecule has 24 heavy (non-hydrogen) atoms. The van der Waals surface area contributed by atoms with Gasteiger partial charge in [0, 0.05) is 13.1 Å². The number of morpholine rings is 1. The molecular formula is C18H19NO5. The lowest BCUT2D eigenvalue weighted by atomic mass is 10.1. The number of methoxy groups -OCH3 is 1. The predicted molar refractivity (Wildman–Crippen MR) is 88.2 cm³/mol. The fourth-order valence-corrected chi connectivity index (χ4v) is 2.65. The molecule has 2 aromatic carbocycles. The van der Waals surface area contributed by atoms with Crippen molar-refractivity contribution >= 4 is 22.6 Å². The molecule has 6 nitrogen and oxygen atoms in total. The van der Waals surface area contributed by atoms with Gasteiger partial charge in [0.2, 0.25) is 0 Å². The number of ether oxygens (including phenoxy) is 3. The van der Waals surface area contributed by atoms with E-state index in [1.807, 2.05) is 24.3 Å². The monoisotopic (exact) mass is 329 g/mol. The Morgan fingerprint density at radius 3 is 2.46 bits per heavy atom. The summed E-state index contributed by atoms with van der Waals surface area (Å²) in [5, 5.41) is 1.84. The van der Waals surface area contributed by atoms with E-state index in [4.69, 9.17) is 14.2 Å². The standard InChI is InChI=1S/C18H19NO5/c1-22-18(21)15-10-13-4-2-3-5-14(13)11-16(15)24-12-17(20)19-6-8-23-9-7-19/h2-5,10-11H,6-9,12H2,1H3. The molecule has 0 unspecified atom stereocenters. The summed E-state index contributed by atoms with van der Waals surface area (Å²) in [6.45, 7) is 2.07. The summed E-state index contributed by atoms with van der Waals surface area (Å²) in [7, 11) is 1.32. The summed E-state index contributed by atoms with van der Waals surface area (Å²) >= 11 is 0. The zero-order valence-corrected chi connectivity index (χ0v) is 13.5. The summed E-state index contributed by atoms with van der Waals surface area (Å²) in [4.78, 5) is 25.9. The van der Waals surface area contributed by atoms with Crippen molar-refractivity contribution in [3.8, 4) is 5.75 Å². The highest BCUT2D eigenvalue weighted by Crippen LogP contribution is 2.27. The summed E-state index contributed by atoms with van der Waals surface area (Å²) < 4.78 is 15.7. The van der Waals surface area contributed by atoms with Crippen LogP contribution in [-0.4, -0.2) is 56.8 Å². The zero-order valence-electron chi connectivity index (χ0n) is 13.5. The topological polar surface area (TPSA) is 65.1 Å². The van der Waals surface area contributed by atoms with Crippen LogP contribution in [0.5, 0.6) is 5.75 Å². The van der Waals surface area contributed by atoms with Crippen LogP contribution in [0.4, 0.5) is 0 Å². The SMILES string of the molecule is COC(=O)c1cc2ccccc2cc1OCC(=O)N1CCOCC1. The molecule has 1 aliphatic rings. The molecule has 1 heterocycles. The van der Waals surface area contributed by atoms with Gasteiger partial charge >= 0.3 is 5.97 Å². The maximum Gasteiger partial charge on any atom is 0.341 e. The van der Waals surface area contributed by atoms with Gasteiger partial charge in [0.05, 0.1) is 20.3 Å². The minimum Gasteiger partial charge on any atom is -0.483 e. The fourth-order valence-electron chi connectivity index (χ4n) is 2.65. The molecule has 0 aliphatic carbocycles. The highest BCUT2D eigenvalue weighted by molar-refractivity contribution is 5.98.